The number of fused-ring (bicyclic) bond motifs is 2. The van der Waals surface area contributed by atoms with Gasteiger partial charge < -0.3 is 19.5 Å². The van der Waals surface area contributed by atoms with E-state index in [2.05, 4.69) is 4.99 Å². The molecule has 1 aromatic rings. The molecule has 1 amide bonds. The van der Waals surface area contributed by atoms with E-state index < -0.39 is 21.7 Å². The summed E-state index contributed by atoms with van der Waals surface area (Å²) in [6.45, 7) is 0.875. The molecule has 150 valence electrons. The maximum Gasteiger partial charge on any atom is 0.303 e. The summed E-state index contributed by atoms with van der Waals surface area (Å²) in [6, 6.07) is 4.93. The molecule has 2 fully saturated rings. The minimum atomic E-state index is -3.17. The van der Waals surface area contributed by atoms with E-state index in [0.29, 0.717) is 35.6 Å². The lowest BCUT2D eigenvalue weighted by molar-refractivity contribution is -0.138. The summed E-state index contributed by atoms with van der Waals surface area (Å²) < 4.78 is 35.3. The molecule has 0 bridgehead atoms. The number of thioether (sulfide) groups is 1. The van der Waals surface area contributed by atoms with Gasteiger partial charge in [0.05, 0.1) is 24.0 Å². The van der Waals surface area contributed by atoms with Gasteiger partial charge in [0.25, 0.3) is 0 Å². The first-order valence-electron chi connectivity index (χ1n) is 8.72. The van der Waals surface area contributed by atoms with Crippen molar-refractivity contribution < 1.29 is 32.6 Å². The molecule has 1 N–H and O–H groups in total. The average Bonchev–Trinajstić information content (AvgIpc) is 3.10. The molecule has 3 aliphatic rings. The Morgan fingerprint density at radius 2 is 1.93 bits per heavy atom. The number of hydrogen-bond donors (Lipinski definition) is 1. The van der Waals surface area contributed by atoms with Crippen LogP contribution in [0.1, 0.15) is 12.8 Å². The smallest absolute Gasteiger partial charge is 0.303 e. The first kappa shape index (κ1) is 19.1. The molecule has 11 heteroatoms. The Morgan fingerprint density at radius 1 is 1.18 bits per heavy atom. The topological polar surface area (TPSA) is 123 Å². The number of carboxylic acid groups (broad SMARTS) is 1. The zero-order valence-corrected chi connectivity index (χ0v) is 16.4. The first-order chi connectivity index (χ1) is 13.3. The highest BCUT2D eigenvalue weighted by Gasteiger charge is 2.49. The van der Waals surface area contributed by atoms with Crippen LogP contribution in [0.25, 0.3) is 0 Å². The fourth-order valence-electron chi connectivity index (χ4n) is 3.42. The predicted molar refractivity (Wildman–Crippen MR) is 103 cm³/mol. The van der Waals surface area contributed by atoms with Crippen molar-refractivity contribution in [3.63, 3.8) is 0 Å². The molecule has 0 spiro atoms. The Morgan fingerprint density at radius 3 is 2.68 bits per heavy atom. The number of ether oxygens (including phenoxy) is 2. The largest absolute Gasteiger partial charge is 0.486 e. The highest BCUT2D eigenvalue weighted by molar-refractivity contribution is 8.16. The van der Waals surface area contributed by atoms with Crippen LogP contribution in [0, 0.1) is 0 Å². The molecule has 0 radical (unpaired) electrons. The number of benzene rings is 1. The van der Waals surface area contributed by atoms with Crippen molar-refractivity contribution >= 4 is 44.3 Å². The van der Waals surface area contributed by atoms with Crippen LogP contribution in [0.3, 0.4) is 0 Å². The number of aliphatic imine (C=N–C) groups is 1. The van der Waals surface area contributed by atoms with Gasteiger partial charge in [-0.05, 0) is 12.1 Å². The van der Waals surface area contributed by atoms with Crippen LogP contribution in [-0.4, -0.2) is 66.6 Å². The van der Waals surface area contributed by atoms with E-state index >= 15 is 0 Å². The second-order valence-electron chi connectivity index (χ2n) is 6.68. The van der Waals surface area contributed by atoms with Gasteiger partial charge in [-0.3, -0.25) is 9.59 Å². The number of nitrogens with zero attached hydrogens (tertiary/aromatic N) is 2. The molecular weight excluding hydrogens is 408 g/mol. The Balaban J connectivity index is 1.67. The van der Waals surface area contributed by atoms with E-state index in [1.165, 1.54) is 11.8 Å². The molecule has 2 saturated heterocycles. The second-order valence-corrected chi connectivity index (χ2v) is 10.0. The maximum atomic E-state index is 12.1. The summed E-state index contributed by atoms with van der Waals surface area (Å²) in [5.41, 5.74) is 0.658. The Labute approximate surface area is 165 Å². The van der Waals surface area contributed by atoms with E-state index in [-0.39, 0.29) is 35.6 Å². The number of carboxylic acids is 1. The number of rotatable bonds is 4. The van der Waals surface area contributed by atoms with E-state index in [4.69, 9.17) is 14.6 Å². The number of carbonyl (C=O) groups is 2. The number of amides is 1. The molecule has 28 heavy (non-hydrogen) atoms. The number of sulfone groups is 1. The van der Waals surface area contributed by atoms with Crippen LogP contribution < -0.4 is 14.4 Å². The Bertz CT molecular complexity index is 960. The number of amidine groups is 1. The zero-order chi connectivity index (χ0) is 19.9. The van der Waals surface area contributed by atoms with Crippen molar-refractivity contribution in [2.75, 3.05) is 29.6 Å². The summed E-state index contributed by atoms with van der Waals surface area (Å²) in [5, 5.41) is 8.90. The molecule has 9 nitrogen and oxygen atoms in total. The summed E-state index contributed by atoms with van der Waals surface area (Å²) in [5.74, 6) is -0.467. The standard InChI is InChI=1S/C17H18N2O7S2/c20-15(3-4-16(21)22)18-17-19(11-8-28(23,24)9-14(11)27-17)10-1-2-12-13(7-10)26-6-5-25-12/h1-2,7,11,14H,3-6,8-9H2,(H,21,22)/t11-,14-/m0/s1. The van der Waals surface area contributed by atoms with Crippen molar-refractivity contribution in [2.24, 2.45) is 4.99 Å². The number of aliphatic carboxylic acids is 1. The van der Waals surface area contributed by atoms with Gasteiger partial charge in [-0.2, -0.15) is 4.99 Å². The Hall–Kier alpha value is -2.27. The van der Waals surface area contributed by atoms with Gasteiger partial charge in [-0.1, -0.05) is 11.8 Å². The third kappa shape index (κ3) is 3.81. The van der Waals surface area contributed by atoms with E-state index in [1.807, 2.05) is 0 Å². The van der Waals surface area contributed by atoms with Crippen LogP contribution in [0.4, 0.5) is 5.69 Å². The summed E-state index contributed by atoms with van der Waals surface area (Å²) in [7, 11) is -3.17. The zero-order valence-electron chi connectivity index (χ0n) is 14.7. The van der Waals surface area contributed by atoms with Crippen LogP contribution in [0.15, 0.2) is 23.2 Å². The van der Waals surface area contributed by atoms with Crippen LogP contribution >= 0.6 is 11.8 Å². The van der Waals surface area contributed by atoms with Gasteiger partial charge in [-0.15, -0.1) is 0 Å². The van der Waals surface area contributed by atoms with Gasteiger partial charge in [0, 0.05) is 23.4 Å². The summed E-state index contributed by atoms with van der Waals surface area (Å²) in [6.07, 6.45) is -0.506. The van der Waals surface area contributed by atoms with Crippen LogP contribution in [0.2, 0.25) is 0 Å². The third-order valence-corrected chi connectivity index (χ3v) is 7.85. The van der Waals surface area contributed by atoms with E-state index in [9.17, 15) is 18.0 Å². The lowest BCUT2D eigenvalue weighted by Gasteiger charge is -2.26. The highest BCUT2D eigenvalue weighted by atomic mass is 32.2. The van der Waals surface area contributed by atoms with E-state index in [1.54, 1.807) is 23.1 Å². The average molecular weight is 426 g/mol. The number of anilines is 1. The van der Waals surface area contributed by atoms with Gasteiger partial charge in [0.15, 0.2) is 26.5 Å². The molecule has 2 atom stereocenters. The van der Waals surface area contributed by atoms with Crippen LogP contribution in [0.5, 0.6) is 11.5 Å². The van der Waals surface area contributed by atoms with Gasteiger partial charge >= 0.3 is 5.97 Å². The summed E-state index contributed by atoms with van der Waals surface area (Å²) in [4.78, 5) is 28.6. The van der Waals surface area contributed by atoms with Gasteiger partial charge in [-0.25, -0.2) is 8.42 Å². The summed E-state index contributed by atoms with van der Waals surface area (Å²) >= 11 is 1.24. The molecule has 4 rings (SSSR count). The predicted octanol–water partition coefficient (Wildman–Crippen LogP) is 0.924. The van der Waals surface area contributed by atoms with Crippen molar-refractivity contribution in [2.45, 2.75) is 24.1 Å². The second kappa shape index (κ2) is 7.28. The fraction of sp³-hybridized carbons (Fsp3) is 0.471. The normalized spacial score (nSPS) is 26.3. The molecule has 1 aromatic carbocycles. The molecular formula is C17H18N2O7S2. The molecule has 0 unspecified atom stereocenters. The first-order valence-corrected chi connectivity index (χ1v) is 11.4. The quantitative estimate of drug-likeness (QED) is 0.749. The highest BCUT2D eigenvalue weighted by Crippen LogP contribution is 2.43. The SMILES string of the molecule is O=C(O)CCC(=O)N=C1S[C@H]2CS(=O)(=O)C[C@@H]2N1c1ccc2c(c1)OCCO2. The number of hydrogen-bond acceptors (Lipinski definition) is 7. The monoisotopic (exact) mass is 426 g/mol. The molecule has 3 heterocycles. The molecule has 3 aliphatic heterocycles. The van der Waals surface area contributed by atoms with Crippen LogP contribution in [-0.2, 0) is 19.4 Å². The van der Waals surface area contributed by atoms with Crippen molar-refractivity contribution in [3.8, 4) is 11.5 Å². The van der Waals surface area contributed by atoms with Crippen molar-refractivity contribution in [3.05, 3.63) is 18.2 Å². The molecule has 0 aromatic heterocycles. The lowest BCUT2D eigenvalue weighted by atomic mass is 10.2. The van der Waals surface area contributed by atoms with Crippen molar-refractivity contribution in [1.29, 1.82) is 0 Å². The number of carbonyl (C=O) groups excluding carboxylic acids is 1. The molecule has 0 aliphatic carbocycles. The van der Waals surface area contributed by atoms with Gasteiger partial charge in [0.2, 0.25) is 5.91 Å². The minimum absolute atomic E-state index is 0.0196. The Kier molecular flexibility index (Phi) is 4.96. The fourth-order valence-corrected chi connectivity index (χ4v) is 7.36. The van der Waals surface area contributed by atoms with Gasteiger partial charge in [0.1, 0.15) is 13.2 Å². The molecule has 0 saturated carbocycles. The van der Waals surface area contributed by atoms with Crippen molar-refractivity contribution in [1.82, 2.24) is 0 Å². The van der Waals surface area contributed by atoms with E-state index in [0.717, 1.165) is 0 Å². The lowest BCUT2D eigenvalue weighted by Crippen LogP contribution is -2.37. The maximum absolute atomic E-state index is 12.1. The minimum Gasteiger partial charge on any atom is -0.486 e. The third-order valence-electron chi connectivity index (χ3n) is 4.64.